The number of carbonyl (C=O) groups excluding carboxylic acids is 3. The monoisotopic (exact) mass is 941 g/mol. The van der Waals surface area contributed by atoms with Gasteiger partial charge in [0.25, 0.3) is 0 Å². The van der Waals surface area contributed by atoms with Crippen molar-refractivity contribution < 1.29 is 28.6 Å². The number of esters is 3. The quantitative estimate of drug-likeness (QED) is 0.0262. The predicted molar refractivity (Wildman–Crippen MR) is 293 cm³/mol. The highest BCUT2D eigenvalue weighted by Crippen LogP contribution is 2.13. The molecule has 6 heteroatoms. The van der Waals surface area contributed by atoms with Crippen LogP contribution in [0.5, 0.6) is 0 Å². The van der Waals surface area contributed by atoms with Gasteiger partial charge in [-0.15, -0.1) is 0 Å². The SMILES string of the molecule is CC/C=C\C/C=C\C/C=C\C/C=C\C/C=C\C/C=C\C/C=C\C/C=C\C/C=C\CCCCCCCC(=O)OCC(COC(=O)CCCCCCCCC)OC(=O)CCCCCCC/C=C\CCC. The third-order valence-electron chi connectivity index (χ3n) is 11.2. The summed E-state index contributed by atoms with van der Waals surface area (Å²) in [5.41, 5.74) is 0. The highest BCUT2D eigenvalue weighted by molar-refractivity contribution is 5.71. The second-order valence-electron chi connectivity index (χ2n) is 17.8. The molecule has 0 N–H and O–H groups in total. The summed E-state index contributed by atoms with van der Waals surface area (Å²) in [6.45, 7) is 6.37. The first-order valence-electron chi connectivity index (χ1n) is 27.5. The van der Waals surface area contributed by atoms with Crippen LogP contribution >= 0.6 is 0 Å². The summed E-state index contributed by atoms with van der Waals surface area (Å²) in [7, 11) is 0. The fourth-order valence-electron chi connectivity index (χ4n) is 7.08. The van der Waals surface area contributed by atoms with Gasteiger partial charge in [-0.2, -0.15) is 0 Å². The molecule has 0 aromatic heterocycles. The highest BCUT2D eigenvalue weighted by Gasteiger charge is 2.19. The van der Waals surface area contributed by atoms with Gasteiger partial charge in [-0.25, -0.2) is 0 Å². The van der Waals surface area contributed by atoms with Gasteiger partial charge in [-0.1, -0.05) is 226 Å². The number of rotatable bonds is 48. The van der Waals surface area contributed by atoms with Crippen molar-refractivity contribution in [2.75, 3.05) is 13.2 Å². The standard InChI is InChI=1S/C62H100O6/c1-4-7-10-13-16-18-20-21-22-23-24-25-26-27-28-29-30-31-32-33-34-35-36-37-38-39-40-41-42-44-46-49-52-55-61(64)67-58-59(57-66-60(63)54-51-48-45-15-12-9-6-3)68-62(65)56-53-50-47-43-19-17-14-11-8-5-2/h7,10-11,14,16,18,21-22,24-25,27-28,30-31,33-34,36-37,39-40,59H,4-6,8-9,12-13,15,17,19-20,23,26,29,32,35,38,41-58H2,1-3H3/b10-7-,14-11-,18-16-,22-21-,25-24-,28-27-,31-30-,34-33-,37-36-,40-39-. The van der Waals surface area contributed by atoms with Gasteiger partial charge in [0.1, 0.15) is 13.2 Å². The summed E-state index contributed by atoms with van der Waals surface area (Å²) in [5, 5.41) is 0. The minimum Gasteiger partial charge on any atom is -0.462 e. The van der Waals surface area contributed by atoms with E-state index < -0.39 is 6.10 Å². The molecular formula is C62H100O6. The molecule has 0 fully saturated rings. The van der Waals surface area contributed by atoms with E-state index >= 15 is 0 Å². The van der Waals surface area contributed by atoms with E-state index in [0.29, 0.717) is 19.3 Å². The Morgan fingerprint density at radius 2 is 0.603 bits per heavy atom. The van der Waals surface area contributed by atoms with Crippen LogP contribution in [0.3, 0.4) is 0 Å². The minimum absolute atomic E-state index is 0.0890. The molecule has 0 amide bonds. The number of ether oxygens (including phenoxy) is 3. The first-order valence-corrected chi connectivity index (χ1v) is 27.5. The van der Waals surface area contributed by atoms with Crippen LogP contribution < -0.4 is 0 Å². The van der Waals surface area contributed by atoms with Crippen molar-refractivity contribution in [2.24, 2.45) is 0 Å². The molecule has 1 atom stereocenters. The maximum Gasteiger partial charge on any atom is 0.306 e. The molecule has 0 bridgehead atoms. The van der Waals surface area contributed by atoms with Gasteiger partial charge in [0.05, 0.1) is 0 Å². The van der Waals surface area contributed by atoms with E-state index in [1.165, 1.54) is 38.5 Å². The highest BCUT2D eigenvalue weighted by atomic mass is 16.6. The zero-order chi connectivity index (χ0) is 49.3. The van der Waals surface area contributed by atoms with Crippen molar-refractivity contribution in [3.05, 3.63) is 122 Å². The van der Waals surface area contributed by atoms with E-state index in [1.807, 2.05) is 0 Å². The van der Waals surface area contributed by atoms with Crippen LogP contribution in [0, 0.1) is 0 Å². The topological polar surface area (TPSA) is 78.9 Å². The van der Waals surface area contributed by atoms with Crippen molar-refractivity contribution in [1.82, 2.24) is 0 Å². The predicted octanol–water partition coefficient (Wildman–Crippen LogP) is 18.5. The lowest BCUT2D eigenvalue weighted by Crippen LogP contribution is -2.30. The molecule has 0 saturated carbocycles. The lowest BCUT2D eigenvalue weighted by atomic mass is 10.1. The van der Waals surface area contributed by atoms with Gasteiger partial charge in [0.2, 0.25) is 0 Å². The molecule has 0 aliphatic rings. The Balaban J connectivity index is 4.14. The molecule has 0 spiro atoms. The molecule has 0 saturated heterocycles. The van der Waals surface area contributed by atoms with Gasteiger partial charge in [0.15, 0.2) is 6.10 Å². The molecule has 0 aromatic rings. The van der Waals surface area contributed by atoms with Gasteiger partial charge in [-0.3, -0.25) is 14.4 Å². The van der Waals surface area contributed by atoms with E-state index in [1.54, 1.807) is 0 Å². The van der Waals surface area contributed by atoms with E-state index in [4.69, 9.17) is 14.2 Å². The van der Waals surface area contributed by atoms with Gasteiger partial charge >= 0.3 is 17.9 Å². The maximum atomic E-state index is 12.7. The zero-order valence-corrected chi connectivity index (χ0v) is 43.8. The molecule has 0 aliphatic carbocycles. The smallest absolute Gasteiger partial charge is 0.306 e. The Kier molecular flexibility index (Phi) is 52.0. The Labute approximate surface area is 418 Å². The first-order chi connectivity index (χ1) is 33.5. The first kappa shape index (κ1) is 63.8. The average molecular weight is 941 g/mol. The normalized spacial score (nSPS) is 13.0. The fraction of sp³-hybridized carbons (Fsp3) is 0.629. The van der Waals surface area contributed by atoms with Gasteiger partial charge < -0.3 is 14.2 Å². The van der Waals surface area contributed by atoms with Gasteiger partial charge in [0, 0.05) is 19.3 Å². The summed E-state index contributed by atoms with van der Waals surface area (Å²) in [4.78, 5) is 37.7. The van der Waals surface area contributed by atoms with E-state index in [9.17, 15) is 14.4 Å². The molecular weight excluding hydrogens is 841 g/mol. The number of hydrogen-bond donors (Lipinski definition) is 0. The van der Waals surface area contributed by atoms with Crippen molar-refractivity contribution >= 4 is 17.9 Å². The molecule has 0 aromatic carbocycles. The maximum absolute atomic E-state index is 12.7. The van der Waals surface area contributed by atoms with Crippen molar-refractivity contribution in [3.8, 4) is 0 Å². The Hall–Kier alpha value is -4.19. The summed E-state index contributed by atoms with van der Waals surface area (Å²) >= 11 is 0. The molecule has 384 valence electrons. The number of unbranched alkanes of at least 4 members (excludes halogenated alkanes) is 17. The molecule has 1 unspecified atom stereocenters. The molecule has 68 heavy (non-hydrogen) atoms. The van der Waals surface area contributed by atoms with Crippen molar-refractivity contribution in [2.45, 2.75) is 239 Å². The van der Waals surface area contributed by atoms with Crippen LogP contribution in [0.25, 0.3) is 0 Å². The summed E-state index contributed by atoms with van der Waals surface area (Å²) in [5.74, 6) is -0.934. The second-order valence-corrected chi connectivity index (χ2v) is 17.8. The number of carbonyl (C=O) groups is 3. The minimum atomic E-state index is -0.788. The van der Waals surface area contributed by atoms with Crippen LogP contribution in [0.15, 0.2) is 122 Å². The fourth-order valence-corrected chi connectivity index (χ4v) is 7.08. The Bertz CT molecular complexity index is 1450. The van der Waals surface area contributed by atoms with E-state index in [2.05, 4.69) is 142 Å². The molecule has 0 aliphatic heterocycles. The lowest BCUT2D eigenvalue weighted by molar-refractivity contribution is -0.167. The number of allylic oxidation sites excluding steroid dienone is 20. The Morgan fingerprint density at radius 1 is 0.309 bits per heavy atom. The lowest BCUT2D eigenvalue weighted by Gasteiger charge is -2.18. The van der Waals surface area contributed by atoms with Crippen LogP contribution in [0.4, 0.5) is 0 Å². The summed E-state index contributed by atoms with van der Waals surface area (Å²) in [6.07, 6.45) is 76.5. The molecule has 6 nitrogen and oxygen atoms in total. The Morgan fingerprint density at radius 3 is 0.971 bits per heavy atom. The van der Waals surface area contributed by atoms with Crippen LogP contribution in [-0.4, -0.2) is 37.2 Å². The molecule has 0 rings (SSSR count). The zero-order valence-electron chi connectivity index (χ0n) is 43.8. The largest absolute Gasteiger partial charge is 0.462 e. The van der Waals surface area contributed by atoms with Crippen molar-refractivity contribution in [3.63, 3.8) is 0 Å². The average Bonchev–Trinajstić information content (AvgIpc) is 3.34. The molecule has 0 heterocycles. The molecule has 0 radical (unpaired) electrons. The van der Waals surface area contributed by atoms with Crippen molar-refractivity contribution in [1.29, 1.82) is 0 Å². The third kappa shape index (κ3) is 52.8. The van der Waals surface area contributed by atoms with Crippen LogP contribution in [-0.2, 0) is 28.6 Å². The van der Waals surface area contributed by atoms with Crippen LogP contribution in [0.2, 0.25) is 0 Å². The van der Waals surface area contributed by atoms with E-state index in [0.717, 1.165) is 154 Å². The summed E-state index contributed by atoms with van der Waals surface area (Å²) < 4.78 is 16.7. The van der Waals surface area contributed by atoms with Gasteiger partial charge in [-0.05, 0) is 109 Å². The summed E-state index contributed by atoms with van der Waals surface area (Å²) in [6, 6.07) is 0. The second kappa shape index (κ2) is 55.4. The van der Waals surface area contributed by atoms with Crippen LogP contribution in [0.1, 0.15) is 233 Å². The third-order valence-corrected chi connectivity index (χ3v) is 11.2. The number of hydrogen-bond acceptors (Lipinski definition) is 6. The van der Waals surface area contributed by atoms with E-state index in [-0.39, 0.29) is 31.1 Å².